The SMILES string of the molecule is NC(=O)CNC(=O)c1ccccc1SCc1ccccc1. The minimum atomic E-state index is -0.558. The van der Waals surface area contributed by atoms with E-state index in [1.165, 1.54) is 5.56 Å². The van der Waals surface area contributed by atoms with Gasteiger partial charge in [0, 0.05) is 10.6 Å². The maximum absolute atomic E-state index is 12.0. The Bertz CT molecular complexity index is 629. The van der Waals surface area contributed by atoms with Gasteiger partial charge in [-0.05, 0) is 17.7 Å². The van der Waals surface area contributed by atoms with Crippen LogP contribution >= 0.6 is 11.8 Å². The zero-order valence-electron chi connectivity index (χ0n) is 11.4. The summed E-state index contributed by atoms with van der Waals surface area (Å²) < 4.78 is 0. The van der Waals surface area contributed by atoms with Crippen LogP contribution in [0.3, 0.4) is 0 Å². The minimum absolute atomic E-state index is 0.156. The molecule has 2 aromatic carbocycles. The second kappa shape index (κ2) is 7.50. The van der Waals surface area contributed by atoms with Gasteiger partial charge in [-0.2, -0.15) is 0 Å². The average molecular weight is 300 g/mol. The number of primary amides is 1. The molecular formula is C16H16N2O2S. The van der Waals surface area contributed by atoms with E-state index in [-0.39, 0.29) is 12.5 Å². The van der Waals surface area contributed by atoms with Crippen LogP contribution in [-0.2, 0) is 10.5 Å². The van der Waals surface area contributed by atoms with Gasteiger partial charge in [-0.15, -0.1) is 11.8 Å². The van der Waals surface area contributed by atoms with Crippen LogP contribution in [0.2, 0.25) is 0 Å². The lowest BCUT2D eigenvalue weighted by molar-refractivity contribution is -0.117. The fraction of sp³-hybridized carbons (Fsp3) is 0.125. The van der Waals surface area contributed by atoms with Crippen LogP contribution in [-0.4, -0.2) is 18.4 Å². The number of amides is 2. The molecule has 0 bridgehead atoms. The van der Waals surface area contributed by atoms with Crippen molar-refractivity contribution in [1.29, 1.82) is 0 Å². The Hall–Kier alpha value is -2.27. The highest BCUT2D eigenvalue weighted by Crippen LogP contribution is 2.26. The van der Waals surface area contributed by atoms with Crippen LogP contribution in [0.1, 0.15) is 15.9 Å². The molecule has 0 saturated heterocycles. The van der Waals surface area contributed by atoms with E-state index in [4.69, 9.17) is 5.73 Å². The van der Waals surface area contributed by atoms with Gasteiger partial charge in [-0.1, -0.05) is 42.5 Å². The molecule has 4 nitrogen and oxygen atoms in total. The van der Waals surface area contributed by atoms with Crippen LogP contribution in [0.15, 0.2) is 59.5 Å². The van der Waals surface area contributed by atoms with E-state index >= 15 is 0 Å². The molecule has 5 heteroatoms. The number of carbonyl (C=O) groups excluding carboxylic acids is 2. The molecule has 2 amide bonds. The molecule has 0 aliphatic heterocycles. The monoisotopic (exact) mass is 300 g/mol. The van der Waals surface area contributed by atoms with E-state index in [9.17, 15) is 9.59 Å². The molecule has 0 aliphatic carbocycles. The number of hydrogen-bond donors (Lipinski definition) is 2. The lowest BCUT2D eigenvalue weighted by Gasteiger charge is -2.09. The van der Waals surface area contributed by atoms with E-state index in [0.717, 1.165) is 10.6 Å². The molecule has 0 unspecified atom stereocenters. The van der Waals surface area contributed by atoms with Crippen LogP contribution in [0.5, 0.6) is 0 Å². The van der Waals surface area contributed by atoms with Gasteiger partial charge in [0.25, 0.3) is 5.91 Å². The van der Waals surface area contributed by atoms with Crippen molar-refractivity contribution >= 4 is 23.6 Å². The van der Waals surface area contributed by atoms with Gasteiger partial charge < -0.3 is 11.1 Å². The molecule has 21 heavy (non-hydrogen) atoms. The molecule has 3 N–H and O–H groups in total. The summed E-state index contributed by atoms with van der Waals surface area (Å²) in [5.41, 5.74) is 6.78. The summed E-state index contributed by atoms with van der Waals surface area (Å²) in [6, 6.07) is 17.4. The van der Waals surface area contributed by atoms with E-state index < -0.39 is 5.91 Å². The molecule has 0 fully saturated rings. The smallest absolute Gasteiger partial charge is 0.252 e. The fourth-order valence-corrected chi connectivity index (χ4v) is 2.78. The average Bonchev–Trinajstić information content (AvgIpc) is 2.52. The van der Waals surface area contributed by atoms with Crippen molar-refractivity contribution in [1.82, 2.24) is 5.32 Å². The van der Waals surface area contributed by atoms with E-state index in [1.54, 1.807) is 23.9 Å². The summed E-state index contributed by atoms with van der Waals surface area (Å²) in [6.07, 6.45) is 0. The van der Waals surface area contributed by atoms with Gasteiger partial charge in [0.05, 0.1) is 12.1 Å². The lowest BCUT2D eigenvalue weighted by atomic mass is 10.2. The highest BCUT2D eigenvalue weighted by atomic mass is 32.2. The maximum Gasteiger partial charge on any atom is 0.252 e. The quantitative estimate of drug-likeness (QED) is 0.803. The summed E-state index contributed by atoms with van der Waals surface area (Å²) in [4.78, 5) is 23.7. The summed E-state index contributed by atoms with van der Waals surface area (Å²) in [5, 5.41) is 2.51. The van der Waals surface area contributed by atoms with Crippen molar-refractivity contribution in [2.45, 2.75) is 10.6 Å². The van der Waals surface area contributed by atoms with Crippen molar-refractivity contribution in [3.8, 4) is 0 Å². The molecule has 2 aromatic rings. The second-order valence-corrected chi connectivity index (χ2v) is 5.44. The summed E-state index contributed by atoms with van der Waals surface area (Å²) in [7, 11) is 0. The van der Waals surface area contributed by atoms with Crippen molar-refractivity contribution < 1.29 is 9.59 Å². The van der Waals surface area contributed by atoms with E-state index in [2.05, 4.69) is 5.32 Å². The molecule has 0 radical (unpaired) electrons. The Balaban J connectivity index is 2.06. The first-order valence-corrected chi connectivity index (χ1v) is 7.47. The third-order valence-electron chi connectivity index (χ3n) is 2.79. The second-order valence-electron chi connectivity index (χ2n) is 4.42. The topological polar surface area (TPSA) is 72.2 Å². The minimum Gasteiger partial charge on any atom is -0.368 e. The highest BCUT2D eigenvalue weighted by Gasteiger charge is 2.11. The molecule has 0 spiro atoms. The molecule has 2 rings (SSSR count). The number of nitrogens with two attached hydrogens (primary N) is 1. The first-order chi connectivity index (χ1) is 10.2. The third kappa shape index (κ3) is 4.65. The Labute approximate surface area is 127 Å². The number of carbonyl (C=O) groups is 2. The number of nitrogens with one attached hydrogen (secondary N) is 1. The van der Waals surface area contributed by atoms with Gasteiger partial charge in [-0.25, -0.2) is 0 Å². The largest absolute Gasteiger partial charge is 0.368 e. The molecular weight excluding hydrogens is 284 g/mol. The zero-order valence-corrected chi connectivity index (χ0v) is 12.2. The van der Waals surface area contributed by atoms with Crippen LogP contribution in [0, 0.1) is 0 Å². The van der Waals surface area contributed by atoms with Gasteiger partial charge >= 0.3 is 0 Å². The maximum atomic E-state index is 12.0. The standard InChI is InChI=1S/C16H16N2O2S/c17-15(19)10-18-16(20)13-8-4-5-9-14(13)21-11-12-6-2-1-3-7-12/h1-9H,10-11H2,(H2,17,19)(H,18,20). The van der Waals surface area contributed by atoms with Crippen molar-refractivity contribution in [3.05, 3.63) is 65.7 Å². The number of rotatable bonds is 6. The third-order valence-corrected chi connectivity index (χ3v) is 3.94. The normalized spacial score (nSPS) is 10.1. The van der Waals surface area contributed by atoms with Crippen LogP contribution in [0.4, 0.5) is 0 Å². The van der Waals surface area contributed by atoms with Gasteiger partial charge in [0.2, 0.25) is 5.91 Å². The number of benzene rings is 2. The predicted octanol–water partition coefficient (Wildman–Crippen LogP) is 2.19. The van der Waals surface area contributed by atoms with E-state index in [1.807, 2.05) is 42.5 Å². The Morgan fingerprint density at radius 3 is 2.38 bits per heavy atom. The van der Waals surface area contributed by atoms with Gasteiger partial charge in [0.1, 0.15) is 0 Å². The first kappa shape index (κ1) is 15.1. The molecule has 0 aromatic heterocycles. The lowest BCUT2D eigenvalue weighted by Crippen LogP contribution is -2.33. The fourth-order valence-electron chi connectivity index (χ4n) is 1.78. The van der Waals surface area contributed by atoms with Gasteiger partial charge in [-0.3, -0.25) is 9.59 Å². The molecule has 0 heterocycles. The Morgan fingerprint density at radius 1 is 1.00 bits per heavy atom. The first-order valence-electron chi connectivity index (χ1n) is 6.49. The summed E-state index contributed by atoms with van der Waals surface area (Å²) in [5.74, 6) is -0.0660. The molecule has 108 valence electrons. The van der Waals surface area contributed by atoms with E-state index in [0.29, 0.717) is 5.56 Å². The molecule has 0 aliphatic rings. The summed E-state index contributed by atoms with van der Waals surface area (Å²) in [6.45, 7) is -0.156. The van der Waals surface area contributed by atoms with Crippen molar-refractivity contribution in [2.24, 2.45) is 5.73 Å². The molecule has 0 atom stereocenters. The van der Waals surface area contributed by atoms with Crippen molar-refractivity contribution in [2.75, 3.05) is 6.54 Å². The Kier molecular flexibility index (Phi) is 5.40. The van der Waals surface area contributed by atoms with Crippen LogP contribution < -0.4 is 11.1 Å². The predicted molar refractivity (Wildman–Crippen MR) is 84.0 cm³/mol. The number of hydrogen-bond acceptors (Lipinski definition) is 3. The summed E-state index contributed by atoms with van der Waals surface area (Å²) >= 11 is 1.59. The zero-order chi connectivity index (χ0) is 15.1. The highest BCUT2D eigenvalue weighted by molar-refractivity contribution is 7.98. The van der Waals surface area contributed by atoms with Gasteiger partial charge in [0.15, 0.2) is 0 Å². The van der Waals surface area contributed by atoms with Crippen LogP contribution in [0.25, 0.3) is 0 Å². The Morgan fingerprint density at radius 2 is 1.67 bits per heavy atom. The van der Waals surface area contributed by atoms with Crippen molar-refractivity contribution in [3.63, 3.8) is 0 Å². The number of thioether (sulfide) groups is 1. The molecule has 0 saturated carbocycles.